The van der Waals surface area contributed by atoms with E-state index >= 15 is 0 Å². The van der Waals surface area contributed by atoms with Gasteiger partial charge in [0, 0.05) is 54.4 Å². The number of anilines is 3. The molecule has 6 rings (SSSR count). The highest BCUT2D eigenvalue weighted by atomic mass is 32.2. The summed E-state index contributed by atoms with van der Waals surface area (Å²) in [5.74, 6) is 0.0192. The molecule has 2 N–H and O–H groups in total. The van der Waals surface area contributed by atoms with Gasteiger partial charge in [0.25, 0.3) is 0 Å². The SMILES string of the molecule is CC(Oc1ccc2ccccc2c1N)C(=O)OCCN1CCN(CCCN2c3ccccc3Sc3ccc(C(F)(F)F)cc32)CC1. The van der Waals surface area contributed by atoms with Gasteiger partial charge in [-0.1, -0.05) is 54.2 Å². The highest BCUT2D eigenvalue weighted by Gasteiger charge is 2.33. The molecular weight excluding hydrogens is 613 g/mol. The Labute approximate surface area is 271 Å². The molecule has 2 aliphatic heterocycles. The molecule has 11 heteroatoms. The summed E-state index contributed by atoms with van der Waals surface area (Å²) >= 11 is 1.51. The van der Waals surface area contributed by atoms with Crippen molar-refractivity contribution < 1.29 is 27.4 Å². The lowest BCUT2D eigenvalue weighted by Gasteiger charge is -2.36. The number of halogens is 3. The van der Waals surface area contributed by atoms with Crippen LogP contribution in [0.25, 0.3) is 10.8 Å². The number of nitrogens with two attached hydrogens (primary N) is 1. The summed E-state index contributed by atoms with van der Waals surface area (Å²) in [6.45, 7) is 7.45. The lowest BCUT2D eigenvalue weighted by molar-refractivity contribution is -0.151. The second-order valence-corrected chi connectivity index (χ2v) is 12.6. The first-order chi connectivity index (χ1) is 22.2. The molecule has 0 aromatic heterocycles. The molecule has 7 nitrogen and oxygen atoms in total. The summed E-state index contributed by atoms with van der Waals surface area (Å²) in [6, 6.07) is 23.3. The predicted octanol–water partition coefficient (Wildman–Crippen LogP) is 7.06. The van der Waals surface area contributed by atoms with Crippen LogP contribution in [0.5, 0.6) is 5.75 Å². The molecule has 0 amide bonds. The van der Waals surface area contributed by atoms with Gasteiger partial charge in [0.2, 0.25) is 0 Å². The van der Waals surface area contributed by atoms with E-state index in [9.17, 15) is 18.0 Å². The molecule has 242 valence electrons. The Bertz CT molecular complexity index is 1690. The number of piperazine rings is 1. The van der Waals surface area contributed by atoms with Crippen LogP contribution in [-0.4, -0.2) is 74.3 Å². The smallest absolute Gasteiger partial charge is 0.416 e. The largest absolute Gasteiger partial charge is 0.477 e. The lowest BCUT2D eigenvalue weighted by Crippen LogP contribution is -2.48. The monoisotopic (exact) mass is 650 g/mol. The van der Waals surface area contributed by atoms with Crippen molar-refractivity contribution in [2.75, 3.05) is 63.1 Å². The van der Waals surface area contributed by atoms with Gasteiger partial charge in [-0.3, -0.25) is 4.90 Å². The molecule has 4 aromatic carbocycles. The minimum absolute atomic E-state index is 0.269. The zero-order valence-corrected chi connectivity index (χ0v) is 26.4. The maximum atomic E-state index is 13.5. The molecule has 1 fully saturated rings. The highest BCUT2D eigenvalue weighted by Crippen LogP contribution is 2.49. The van der Waals surface area contributed by atoms with E-state index in [1.165, 1.54) is 17.8 Å². The summed E-state index contributed by atoms with van der Waals surface area (Å²) in [4.78, 5) is 21.2. The van der Waals surface area contributed by atoms with Gasteiger partial charge < -0.3 is 25.0 Å². The van der Waals surface area contributed by atoms with Crippen molar-refractivity contribution in [3.8, 4) is 5.75 Å². The number of alkyl halides is 3. The molecule has 4 aromatic rings. The number of esters is 1. The van der Waals surface area contributed by atoms with Gasteiger partial charge in [-0.15, -0.1) is 0 Å². The summed E-state index contributed by atoms with van der Waals surface area (Å²) in [5, 5.41) is 1.88. The fraction of sp³-hybridized carbons (Fsp3) is 0.343. The molecule has 2 heterocycles. The Balaban J connectivity index is 0.946. The summed E-state index contributed by atoms with van der Waals surface area (Å²) in [6.07, 6.45) is -4.37. The zero-order chi connectivity index (χ0) is 32.3. The Kier molecular flexibility index (Phi) is 9.62. The third-order valence-corrected chi connectivity index (χ3v) is 9.62. The van der Waals surface area contributed by atoms with E-state index in [-0.39, 0.29) is 6.61 Å². The number of carbonyl (C=O) groups is 1. The first-order valence-electron chi connectivity index (χ1n) is 15.5. The number of carbonyl (C=O) groups excluding carboxylic acids is 1. The molecule has 0 aliphatic carbocycles. The Hall–Kier alpha value is -3.93. The van der Waals surface area contributed by atoms with E-state index in [0.29, 0.717) is 30.2 Å². The average molecular weight is 651 g/mol. The number of fused-ring (bicyclic) bond motifs is 3. The van der Waals surface area contributed by atoms with Crippen LogP contribution in [0.3, 0.4) is 0 Å². The molecule has 1 unspecified atom stereocenters. The Morgan fingerprint density at radius 2 is 1.57 bits per heavy atom. The number of para-hydroxylation sites is 1. The van der Waals surface area contributed by atoms with Crippen molar-refractivity contribution in [1.82, 2.24) is 9.80 Å². The van der Waals surface area contributed by atoms with Crippen LogP contribution in [0.4, 0.5) is 30.2 Å². The first-order valence-corrected chi connectivity index (χ1v) is 16.3. The Morgan fingerprint density at radius 1 is 0.870 bits per heavy atom. The van der Waals surface area contributed by atoms with Crippen molar-refractivity contribution in [2.45, 2.75) is 35.4 Å². The van der Waals surface area contributed by atoms with Gasteiger partial charge in [0.05, 0.1) is 22.6 Å². The molecule has 46 heavy (non-hydrogen) atoms. The second-order valence-electron chi connectivity index (χ2n) is 11.6. The number of hydrogen-bond donors (Lipinski definition) is 1. The lowest BCUT2D eigenvalue weighted by atomic mass is 10.1. The van der Waals surface area contributed by atoms with Crippen molar-refractivity contribution in [1.29, 1.82) is 0 Å². The van der Waals surface area contributed by atoms with Gasteiger partial charge in [-0.25, -0.2) is 4.79 Å². The molecule has 0 bridgehead atoms. The van der Waals surface area contributed by atoms with Crippen LogP contribution in [-0.2, 0) is 15.7 Å². The van der Waals surface area contributed by atoms with Crippen LogP contribution >= 0.6 is 11.8 Å². The number of ether oxygens (including phenoxy) is 2. The molecule has 0 saturated carbocycles. The van der Waals surface area contributed by atoms with Gasteiger partial charge in [0.15, 0.2) is 6.10 Å². The van der Waals surface area contributed by atoms with E-state index < -0.39 is 23.8 Å². The topological polar surface area (TPSA) is 71.3 Å². The molecule has 0 radical (unpaired) electrons. The predicted molar refractivity (Wildman–Crippen MR) is 176 cm³/mol. The van der Waals surface area contributed by atoms with Gasteiger partial charge >= 0.3 is 12.1 Å². The summed E-state index contributed by atoms with van der Waals surface area (Å²) in [5.41, 5.74) is 7.69. The summed E-state index contributed by atoms with van der Waals surface area (Å²) in [7, 11) is 0. The fourth-order valence-corrected chi connectivity index (χ4v) is 7.02. The average Bonchev–Trinajstić information content (AvgIpc) is 3.05. The van der Waals surface area contributed by atoms with E-state index in [0.717, 1.165) is 71.5 Å². The van der Waals surface area contributed by atoms with Crippen molar-refractivity contribution in [3.05, 3.63) is 84.4 Å². The molecule has 1 atom stereocenters. The Morgan fingerprint density at radius 3 is 2.35 bits per heavy atom. The zero-order valence-electron chi connectivity index (χ0n) is 25.6. The van der Waals surface area contributed by atoms with E-state index in [1.807, 2.05) is 59.5 Å². The minimum Gasteiger partial charge on any atom is -0.477 e. The van der Waals surface area contributed by atoms with Crippen molar-refractivity contribution in [2.24, 2.45) is 0 Å². The number of hydrogen-bond acceptors (Lipinski definition) is 8. The maximum absolute atomic E-state index is 13.5. The van der Waals surface area contributed by atoms with Crippen LogP contribution in [0.2, 0.25) is 0 Å². The van der Waals surface area contributed by atoms with E-state index in [2.05, 4.69) is 9.80 Å². The number of benzene rings is 4. The van der Waals surface area contributed by atoms with E-state index in [1.54, 1.807) is 19.1 Å². The number of nitrogen functional groups attached to an aromatic ring is 1. The number of nitrogens with zero attached hydrogens (tertiary/aromatic N) is 3. The van der Waals surface area contributed by atoms with Gasteiger partial charge in [0.1, 0.15) is 12.4 Å². The van der Waals surface area contributed by atoms with Crippen LogP contribution in [0.1, 0.15) is 18.9 Å². The third kappa shape index (κ3) is 7.22. The molecular formula is C35H37F3N4O3S. The van der Waals surface area contributed by atoms with Gasteiger partial charge in [-0.2, -0.15) is 13.2 Å². The van der Waals surface area contributed by atoms with Crippen molar-refractivity contribution >= 4 is 45.6 Å². The van der Waals surface area contributed by atoms with Crippen LogP contribution in [0, 0.1) is 0 Å². The highest BCUT2D eigenvalue weighted by molar-refractivity contribution is 7.99. The maximum Gasteiger partial charge on any atom is 0.416 e. The standard InChI is InChI=1S/C35H37F3N4O3S/c1-24(45-30-13-11-25-7-2-3-8-27(25)33(30)39)34(43)44-22-21-41-19-17-40(18-20-41)15-6-16-42-28-9-4-5-10-31(28)46-32-14-12-26(23-29(32)42)35(36,37)38/h2-5,7-14,23-24H,6,15-22,39H2,1H3. The number of rotatable bonds is 10. The van der Waals surface area contributed by atoms with Crippen LogP contribution < -0.4 is 15.4 Å². The van der Waals surface area contributed by atoms with Gasteiger partial charge in [-0.05, 0) is 61.7 Å². The quantitative estimate of drug-likeness (QED) is 0.145. The van der Waals surface area contributed by atoms with Crippen molar-refractivity contribution in [3.63, 3.8) is 0 Å². The molecule has 2 aliphatic rings. The van der Waals surface area contributed by atoms with E-state index in [4.69, 9.17) is 15.2 Å². The summed E-state index contributed by atoms with van der Waals surface area (Å²) < 4.78 is 51.9. The molecule has 1 saturated heterocycles. The fourth-order valence-electron chi connectivity index (χ4n) is 5.95. The minimum atomic E-state index is -4.39. The molecule has 0 spiro atoms. The van der Waals surface area contributed by atoms with Crippen LogP contribution in [0.15, 0.2) is 88.7 Å². The third-order valence-electron chi connectivity index (χ3n) is 8.49. The first kappa shape index (κ1) is 32.0. The second kappa shape index (κ2) is 13.8. The normalized spacial score (nSPS) is 16.1.